The van der Waals surface area contributed by atoms with E-state index in [4.69, 9.17) is 5.10 Å². The summed E-state index contributed by atoms with van der Waals surface area (Å²) < 4.78 is 3.59. The predicted octanol–water partition coefficient (Wildman–Crippen LogP) is 3.63. The molecule has 128 valence electrons. The van der Waals surface area contributed by atoms with Gasteiger partial charge in [-0.1, -0.05) is 48.5 Å². The molecule has 6 nitrogen and oxygen atoms in total. The summed E-state index contributed by atoms with van der Waals surface area (Å²) in [6.07, 6.45) is 3.79. The fourth-order valence-electron chi connectivity index (χ4n) is 2.77. The molecule has 0 radical (unpaired) electrons. The maximum Gasteiger partial charge on any atom is 0.151 e. The normalized spacial score (nSPS) is 11.3. The minimum Gasteiger partial charge on any atom is -0.240 e. The summed E-state index contributed by atoms with van der Waals surface area (Å²) in [5.74, 6) is 1.49. The minimum absolute atomic E-state index is 0.746. The van der Waals surface area contributed by atoms with E-state index in [9.17, 15) is 0 Å². The van der Waals surface area contributed by atoms with E-state index in [2.05, 4.69) is 15.3 Å². The molecule has 4 rings (SSSR count). The summed E-state index contributed by atoms with van der Waals surface area (Å²) in [5, 5.41) is 17.4. The van der Waals surface area contributed by atoms with Crippen LogP contribution in [-0.4, -0.2) is 30.9 Å². The van der Waals surface area contributed by atoms with Crippen molar-refractivity contribution in [2.24, 2.45) is 5.10 Å². The van der Waals surface area contributed by atoms with Crippen molar-refractivity contribution >= 4 is 6.21 Å². The van der Waals surface area contributed by atoms with Crippen molar-refractivity contribution in [3.05, 3.63) is 84.1 Å². The van der Waals surface area contributed by atoms with Crippen LogP contribution in [0.3, 0.4) is 0 Å². The van der Waals surface area contributed by atoms with Crippen molar-refractivity contribution in [1.82, 2.24) is 24.7 Å². The number of hydrogen-bond donors (Lipinski definition) is 0. The lowest BCUT2D eigenvalue weighted by molar-refractivity contribution is 0.799. The maximum atomic E-state index is 4.78. The van der Waals surface area contributed by atoms with E-state index in [1.807, 2.05) is 85.4 Å². The quantitative estimate of drug-likeness (QED) is 0.532. The van der Waals surface area contributed by atoms with Gasteiger partial charge in [-0.05, 0) is 26.0 Å². The van der Waals surface area contributed by atoms with Crippen molar-refractivity contribution in [1.29, 1.82) is 0 Å². The summed E-state index contributed by atoms with van der Waals surface area (Å²) in [6.45, 7) is 3.76. The Morgan fingerprint density at radius 3 is 2.12 bits per heavy atom. The van der Waals surface area contributed by atoms with Gasteiger partial charge in [0.05, 0.1) is 11.9 Å². The Bertz CT molecular complexity index is 1030. The van der Waals surface area contributed by atoms with Crippen LogP contribution < -0.4 is 0 Å². The average Bonchev–Trinajstić information content (AvgIpc) is 3.25. The second-order valence-corrected chi connectivity index (χ2v) is 5.93. The van der Waals surface area contributed by atoms with Gasteiger partial charge >= 0.3 is 0 Å². The molecule has 0 bridgehead atoms. The molecule has 0 saturated heterocycles. The maximum absolute atomic E-state index is 4.78. The molecule has 4 aromatic rings. The first-order valence-electron chi connectivity index (χ1n) is 8.36. The summed E-state index contributed by atoms with van der Waals surface area (Å²) in [4.78, 5) is 0. The minimum atomic E-state index is 0.746. The first-order chi connectivity index (χ1) is 12.7. The smallest absolute Gasteiger partial charge is 0.151 e. The first-order valence-corrected chi connectivity index (χ1v) is 8.36. The van der Waals surface area contributed by atoms with Gasteiger partial charge in [-0.25, -0.2) is 9.36 Å². The van der Waals surface area contributed by atoms with E-state index < -0.39 is 0 Å². The van der Waals surface area contributed by atoms with Crippen LogP contribution in [0.25, 0.3) is 16.9 Å². The lowest BCUT2D eigenvalue weighted by atomic mass is 10.1. The molecule has 26 heavy (non-hydrogen) atoms. The van der Waals surface area contributed by atoms with Crippen LogP contribution in [0, 0.1) is 13.8 Å². The van der Waals surface area contributed by atoms with Gasteiger partial charge < -0.3 is 0 Å². The third-order valence-corrected chi connectivity index (χ3v) is 4.08. The number of hydrogen-bond acceptors (Lipinski definition) is 4. The van der Waals surface area contributed by atoms with Gasteiger partial charge in [0.2, 0.25) is 0 Å². The van der Waals surface area contributed by atoms with Crippen LogP contribution in [0.5, 0.6) is 0 Å². The summed E-state index contributed by atoms with van der Waals surface area (Å²) in [7, 11) is 0. The molecule has 0 aliphatic rings. The lowest BCUT2D eigenvalue weighted by Gasteiger charge is -2.00. The summed E-state index contributed by atoms with van der Waals surface area (Å²) in [5.41, 5.74) is 3.84. The first kappa shape index (κ1) is 16.0. The van der Waals surface area contributed by atoms with Gasteiger partial charge in [0.1, 0.15) is 5.69 Å². The highest BCUT2D eigenvalue weighted by Crippen LogP contribution is 2.22. The summed E-state index contributed by atoms with van der Waals surface area (Å²) in [6, 6.07) is 20.1. The number of para-hydroxylation sites is 1. The number of rotatable bonds is 4. The Kier molecular flexibility index (Phi) is 4.15. The molecule has 0 saturated carbocycles. The van der Waals surface area contributed by atoms with Gasteiger partial charge in [0.25, 0.3) is 0 Å². The van der Waals surface area contributed by atoms with Crippen molar-refractivity contribution in [2.75, 3.05) is 0 Å². The van der Waals surface area contributed by atoms with Crippen LogP contribution in [0.2, 0.25) is 0 Å². The highest BCUT2D eigenvalue weighted by Gasteiger charge is 2.11. The number of nitrogens with zero attached hydrogens (tertiary/aromatic N) is 6. The Morgan fingerprint density at radius 1 is 0.846 bits per heavy atom. The molecule has 6 heteroatoms. The number of benzene rings is 2. The molecule has 0 unspecified atom stereocenters. The van der Waals surface area contributed by atoms with E-state index in [1.165, 1.54) is 0 Å². The standard InChI is InChI=1S/C20H18N6/c1-15-22-23-16(2)26(15)21-13-18-14-25(19-11-7-4-8-12-19)24-20(18)17-9-5-3-6-10-17/h3-14H,1-2H3/b21-13-. The van der Waals surface area contributed by atoms with Gasteiger partial charge in [-0.2, -0.15) is 10.2 Å². The fourth-order valence-corrected chi connectivity index (χ4v) is 2.77. The summed E-state index contributed by atoms with van der Waals surface area (Å²) >= 11 is 0. The molecule has 2 aromatic heterocycles. The Hall–Kier alpha value is -3.54. The molecule has 2 aromatic carbocycles. The predicted molar refractivity (Wildman–Crippen MR) is 101 cm³/mol. The van der Waals surface area contributed by atoms with Gasteiger partial charge in [-0.3, -0.25) is 0 Å². The zero-order valence-electron chi connectivity index (χ0n) is 14.6. The third-order valence-electron chi connectivity index (χ3n) is 4.08. The molecule has 0 spiro atoms. The van der Waals surface area contributed by atoms with E-state index in [0.717, 1.165) is 34.2 Å². The Morgan fingerprint density at radius 2 is 1.46 bits per heavy atom. The van der Waals surface area contributed by atoms with E-state index in [0.29, 0.717) is 0 Å². The van der Waals surface area contributed by atoms with E-state index in [-0.39, 0.29) is 0 Å². The molecule has 0 N–H and O–H groups in total. The number of aromatic nitrogens is 5. The topological polar surface area (TPSA) is 60.9 Å². The second kappa shape index (κ2) is 6.76. The van der Waals surface area contributed by atoms with Crippen LogP contribution in [0.4, 0.5) is 0 Å². The molecule has 2 heterocycles. The molecular weight excluding hydrogens is 324 g/mol. The molecule has 0 amide bonds. The van der Waals surface area contributed by atoms with Crippen LogP contribution in [-0.2, 0) is 0 Å². The zero-order chi connectivity index (χ0) is 17.9. The van der Waals surface area contributed by atoms with Crippen molar-refractivity contribution in [2.45, 2.75) is 13.8 Å². The third kappa shape index (κ3) is 3.04. The van der Waals surface area contributed by atoms with Crippen LogP contribution >= 0.6 is 0 Å². The monoisotopic (exact) mass is 342 g/mol. The highest BCUT2D eigenvalue weighted by molar-refractivity contribution is 5.88. The lowest BCUT2D eigenvalue weighted by Crippen LogP contribution is -1.96. The largest absolute Gasteiger partial charge is 0.240 e. The zero-order valence-corrected chi connectivity index (χ0v) is 14.6. The number of aryl methyl sites for hydroxylation is 2. The van der Waals surface area contributed by atoms with Crippen molar-refractivity contribution in [3.8, 4) is 16.9 Å². The molecular formula is C20H18N6. The van der Waals surface area contributed by atoms with Gasteiger partial charge in [0, 0.05) is 17.3 Å². The molecule has 0 atom stereocenters. The Balaban J connectivity index is 1.81. The van der Waals surface area contributed by atoms with Gasteiger partial charge in [0.15, 0.2) is 11.6 Å². The van der Waals surface area contributed by atoms with Crippen molar-refractivity contribution < 1.29 is 0 Å². The fraction of sp³-hybridized carbons (Fsp3) is 0.100. The molecule has 0 aliphatic heterocycles. The average molecular weight is 342 g/mol. The van der Waals surface area contributed by atoms with Crippen LogP contribution in [0.1, 0.15) is 17.2 Å². The van der Waals surface area contributed by atoms with Crippen molar-refractivity contribution in [3.63, 3.8) is 0 Å². The second-order valence-electron chi connectivity index (χ2n) is 5.93. The molecule has 0 fully saturated rings. The van der Waals surface area contributed by atoms with Crippen LogP contribution in [0.15, 0.2) is 72.0 Å². The highest BCUT2D eigenvalue weighted by atomic mass is 15.4. The SMILES string of the molecule is Cc1nnc(C)n1/N=C\c1cn(-c2ccccc2)nc1-c1ccccc1. The van der Waals surface area contributed by atoms with E-state index in [1.54, 1.807) is 10.9 Å². The van der Waals surface area contributed by atoms with Gasteiger partial charge in [-0.15, -0.1) is 10.2 Å². The Labute approximate surface area is 151 Å². The van der Waals surface area contributed by atoms with E-state index >= 15 is 0 Å². The molecule has 0 aliphatic carbocycles.